The lowest BCUT2D eigenvalue weighted by molar-refractivity contribution is -0.870. The second kappa shape index (κ2) is 35.0. The van der Waals surface area contributed by atoms with E-state index in [0.29, 0.717) is 23.9 Å². The summed E-state index contributed by atoms with van der Waals surface area (Å²) in [4.78, 5) is 25.2. The largest absolute Gasteiger partial charge is 0.756 e. The van der Waals surface area contributed by atoms with E-state index in [4.69, 9.17) is 9.05 Å². The molecule has 0 aliphatic rings. The number of unbranched alkanes of at least 4 members (excludes halogenated alkanes) is 24. The Kier molecular flexibility index (Phi) is 34.5. The van der Waals surface area contributed by atoms with E-state index in [1.54, 1.807) is 0 Å². The van der Waals surface area contributed by atoms with Gasteiger partial charge in [-0.2, -0.15) is 0 Å². The van der Waals surface area contributed by atoms with E-state index in [-0.39, 0.29) is 19.1 Å². The van der Waals surface area contributed by atoms with Gasteiger partial charge in [0.25, 0.3) is 7.82 Å². The highest BCUT2D eigenvalue weighted by Crippen LogP contribution is 2.38. The van der Waals surface area contributed by atoms with Gasteiger partial charge >= 0.3 is 0 Å². The Morgan fingerprint density at radius 3 is 1.57 bits per heavy atom. The van der Waals surface area contributed by atoms with Crippen molar-refractivity contribution in [3.05, 3.63) is 12.2 Å². The minimum atomic E-state index is -4.56. The van der Waals surface area contributed by atoms with Crippen LogP contribution in [0.5, 0.6) is 0 Å². The van der Waals surface area contributed by atoms with Gasteiger partial charge in [0.15, 0.2) is 0 Å². The molecule has 0 aromatic heterocycles. The van der Waals surface area contributed by atoms with Crippen molar-refractivity contribution < 1.29 is 32.9 Å². The molecule has 0 saturated carbocycles. The zero-order chi connectivity index (χ0) is 37.9. The van der Waals surface area contributed by atoms with Crippen LogP contribution in [0.4, 0.5) is 0 Å². The third kappa shape index (κ3) is 37.4. The molecular formula is C42H85N2O6P. The van der Waals surface area contributed by atoms with Crippen molar-refractivity contribution in [2.45, 2.75) is 212 Å². The summed E-state index contributed by atoms with van der Waals surface area (Å²) >= 11 is 0. The van der Waals surface area contributed by atoms with E-state index in [2.05, 4.69) is 31.3 Å². The summed E-state index contributed by atoms with van der Waals surface area (Å²) in [5.41, 5.74) is 0. The molecule has 1 amide bonds. The Balaban J connectivity index is 4.37. The summed E-state index contributed by atoms with van der Waals surface area (Å²) in [7, 11) is 1.30. The summed E-state index contributed by atoms with van der Waals surface area (Å²) in [6.45, 7) is 4.69. The van der Waals surface area contributed by atoms with Gasteiger partial charge in [-0.15, -0.1) is 0 Å². The van der Waals surface area contributed by atoms with Gasteiger partial charge in [0.2, 0.25) is 5.91 Å². The Morgan fingerprint density at radius 2 is 1.08 bits per heavy atom. The molecule has 0 rings (SSSR count). The van der Waals surface area contributed by atoms with Crippen LogP contribution >= 0.6 is 7.82 Å². The predicted octanol–water partition coefficient (Wildman–Crippen LogP) is 10.9. The van der Waals surface area contributed by atoms with E-state index >= 15 is 0 Å². The highest BCUT2D eigenvalue weighted by atomic mass is 31.2. The number of allylic oxidation sites excluding steroid dienone is 2. The van der Waals surface area contributed by atoms with Crippen LogP contribution in [0.2, 0.25) is 0 Å². The number of aliphatic hydroxyl groups excluding tert-OH is 1. The zero-order valence-electron chi connectivity index (χ0n) is 34.3. The highest BCUT2D eigenvalue weighted by molar-refractivity contribution is 7.45. The summed E-state index contributed by atoms with van der Waals surface area (Å²) in [5.74, 6) is -0.174. The number of hydrogen-bond acceptors (Lipinski definition) is 6. The summed E-state index contributed by atoms with van der Waals surface area (Å²) in [6, 6.07) is -0.799. The molecule has 0 aromatic carbocycles. The molecule has 0 aromatic rings. The zero-order valence-corrected chi connectivity index (χ0v) is 35.2. The van der Waals surface area contributed by atoms with Crippen molar-refractivity contribution >= 4 is 13.7 Å². The lowest BCUT2D eigenvalue weighted by atomic mass is 10.0. The maximum Gasteiger partial charge on any atom is 0.268 e. The molecule has 0 heterocycles. The molecule has 9 heteroatoms. The molecule has 51 heavy (non-hydrogen) atoms. The van der Waals surface area contributed by atoms with Gasteiger partial charge in [-0.05, 0) is 38.5 Å². The average Bonchev–Trinajstić information content (AvgIpc) is 3.07. The first-order valence-electron chi connectivity index (χ1n) is 21.5. The number of aliphatic hydroxyl groups is 1. The molecule has 3 atom stereocenters. The number of quaternary nitrogens is 1. The number of rotatable bonds is 39. The van der Waals surface area contributed by atoms with Crippen molar-refractivity contribution in [2.75, 3.05) is 40.9 Å². The molecule has 0 aliphatic carbocycles. The van der Waals surface area contributed by atoms with Crippen LogP contribution in [-0.2, 0) is 18.4 Å². The van der Waals surface area contributed by atoms with Crippen LogP contribution in [0, 0.1) is 0 Å². The van der Waals surface area contributed by atoms with Crippen LogP contribution in [0.15, 0.2) is 12.2 Å². The van der Waals surface area contributed by atoms with Crippen molar-refractivity contribution in [3.8, 4) is 0 Å². The minimum Gasteiger partial charge on any atom is -0.756 e. The predicted molar refractivity (Wildman–Crippen MR) is 215 cm³/mol. The van der Waals surface area contributed by atoms with E-state index < -0.39 is 20.0 Å². The third-order valence-corrected chi connectivity index (χ3v) is 10.7. The number of carbonyl (C=O) groups excluding carboxylic acids is 1. The second-order valence-electron chi connectivity index (χ2n) is 16.1. The maximum absolute atomic E-state index is 12.8. The molecule has 0 radical (unpaired) electrons. The summed E-state index contributed by atoms with van der Waals surface area (Å²) < 4.78 is 23.2. The fourth-order valence-corrected chi connectivity index (χ4v) is 6.99. The van der Waals surface area contributed by atoms with E-state index in [9.17, 15) is 19.4 Å². The third-order valence-electron chi connectivity index (χ3n) is 9.75. The molecule has 0 saturated heterocycles. The fraction of sp³-hybridized carbons (Fsp3) is 0.929. The molecule has 8 nitrogen and oxygen atoms in total. The van der Waals surface area contributed by atoms with E-state index in [1.165, 1.54) is 122 Å². The molecule has 3 unspecified atom stereocenters. The highest BCUT2D eigenvalue weighted by Gasteiger charge is 2.24. The molecule has 0 fully saturated rings. The number of phosphoric acid groups is 1. The van der Waals surface area contributed by atoms with Crippen molar-refractivity contribution in [1.82, 2.24) is 5.32 Å². The lowest BCUT2D eigenvalue weighted by Gasteiger charge is -2.30. The van der Waals surface area contributed by atoms with Crippen molar-refractivity contribution in [3.63, 3.8) is 0 Å². The normalized spacial score (nSPS) is 14.6. The average molecular weight is 745 g/mol. The lowest BCUT2D eigenvalue weighted by Crippen LogP contribution is -2.46. The van der Waals surface area contributed by atoms with Crippen LogP contribution < -0.4 is 10.2 Å². The monoisotopic (exact) mass is 745 g/mol. The first-order chi connectivity index (χ1) is 24.5. The maximum atomic E-state index is 12.8. The van der Waals surface area contributed by atoms with Gasteiger partial charge in [0.05, 0.1) is 39.9 Å². The molecule has 2 N–H and O–H groups in total. The quantitative estimate of drug-likeness (QED) is 0.0281. The fourth-order valence-electron chi connectivity index (χ4n) is 6.27. The Hall–Kier alpha value is -0.760. The Bertz CT molecular complexity index is 850. The molecule has 304 valence electrons. The van der Waals surface area contributed by atoms with Gasteiger partial charge in [0.1, 0.15) is 13.2 Å². The number of hydrogen-bond donors (Lipinski definition) is 2. The number of nitrogens with one attached hydrogen (secondary N) is 1. The number of likely N-dealkylation sites (N-methyl/N-ethyl adjacent to an activating group) is 1. The van der Waals surface area contributed by atoms with Gasteiger partial charge in [-0.3, -0.25) is 9.36 Å². The molecule has 0 bridgehead atoms. The van der Waals surface area contributed by atoms with Crippen LogP contribution in [0.3, 0.4) is 0 Å². The first kappa shape index (κ1) is 50.2. The van der Waals surface area contributed by atoms with Gasteiger partial charge < -0.3 is 28.8 Å². The second-order valence-corrected chi connectivity index (χ2v) is 17.5. The van der Waals surface area contributed by atoms with Crippen molar-refractivity contribution in [2.24, 2.45) is 0 Å². The minimum absolute atomic E-state index is 0.0123. The van der Waals surface area contributed by atoms with Crippen molar-refractivity contribution in [1.29, 1.82) is 0 Å². The van der Waals surface area contributed by atoms with Gasteiger partial charge in [-0.25, -0.2) is 0 Å². The number of amides is 1. The van der Waals surface area contributed by atoms with Crippen LogP contribution in [0.1, 0.15) is 200 Å². The molecule has 0 spiro atoms. The summed E-state index contributed by atoms with van der Waals surface area (Å²) in [6.07, 6.45) is 37.8. The van der Waals surface area contributed by atoms with E-state index in [1.807, 2.05) is 21.1 Å². The van der Waals surface area contributed by atoms with Gasteiger partial charge in [0, 0.05) is 6.42 Å². The smallest absolute Gasteiger partial charge is 0.268 e. The Morgan fingerprint density at radius 1 is 0.667 bits per heavy atom. The van der Waals surface area contributed by atoms with Crippen LogP contribution in [0.25, 0.3) is 0 Å². The topological polar surface area (TPSA) is 108 Å². The van der Waals surface area contributed by atoms with Gasteiger partial charge in [-0.1, -0.05) is 167 Å². The first-order valence-corrected chi connectivity index (χ1v) is 23.0. The number of carbonyl (C=O) groups is 1. The van der Waals surface area contributed by atoms with Crippen LogP contribution in [-0.4, -0.2) is 68.5 Å². The standard InChI is InChI=1S/C42H85N2O6P/c1-6-8-10-12-14-16-18-20-21-22-23-24-25-27-29-31-33-35-41(45)40(39-50-51(47,48)49-38-37-44(3,4)5)43-42(46)36-34-32-30-28-26-19-17-15-13-11-9-7-2/h15,17,40-41,45H,6-14,16,18-39H2,1-5H3,(H-,43,46,47,48)/b17-15-. The number of phosphoric ester groups is 1. The van der Waals surface area contributed by atoms with E-state index in [0.717, 1.165) is 51.4 Å². The Labute approximate surface area is 316 Å². The summed E-state index contributed by atoms with van der Waals surface area (Å²) in [5, 5.41) is 13.9. The SMILES string of the molecule is CCCCC/C=C\CCCCCCCC(=O)NC(COP(=O)([O-])OCC[N+](C)(C)C)C(O)CCCCCCCCCCCCCCCCCCC. The molecule has 0 aliphatic heterocycles. The molecular weight excluding hydrogens is 659 g/mol. The number of nitrogens with zero attached hydrogens (tertiary/aromatic N) is 1.